The van der Waals surface area contributed by atoms with Gasteiger partial charge in [0, 0.05) is 28.2 Å². The van der Waals surface area contributed by atoms with Crippen molar-refractivity contribution in [3.05, 3.63) is 52.9 Å². The average Bonchev–Trinajstić information content (AvgIpc) is 3.18. The number of para-hydroxylation sites is 1. The highest BCUT2D eigenvalue weighted by Crippen LogP contribution is 2.33. The number of hydrogen-bond donors (Lipinski definition) is 2. The van der Waals surface area contributed by atoms with Gasteiger partial charge in [-0.15, -0.1) is 22.7 Å². The highest BCUT2D eigenvalue weighted by Gasteiger charge is 2.22. The molecule has 0 atom stereocenters. The van der Waals surface area contributed by atoms with Crippen molar-refractivity contribution in [2.75, 3.05) is 10.0 Å². The largest absolute Gasteiger partial charge is 0.419 e. The van der Waals surface area contributed by atoms with Crippen molar-refractivity contribution in [1.82, 2.24) is 4.98 Å². The Bertz CT molecular complexity index is 967. The van der Waals surface area contributed by atoms with Crippen LogP contribution in [0.1, 0.15) is 4.88 Å². The second-order valence-corrected chi connectivity index (χ2v) is 8.57. The van der Waals surface area contributed by atoms with Gasteiger partial charge in [-0.05, 0) is 19.1 Å². The molecule has 1 aromatic carbocycles. The number of nitrogens with one attached hydrogen (secondary N) is 2. The van der Waals surface area contributed by atoms with E-state index < -0.39 is 16.1 Å². The minimum Gasteiger partial charge on any atom is -0.399 e. The van der Waals surface area contributed by atoms with E-state index in [9.17, 15) is 13.2 Å². The summed E-state index contributed by atoms with van der Waals surface area (Å²) < 4.78 is 32.6. The first kappa shape index (κ1) is 17.4. The van der Waals surface area contributed by atoms with Crippen LogP contribution in [0.15, 0.2) is 52.9 Å². The van der Waals surface area contributed by atoms with Crippen LogP contribution in [0.2, 0.25) is 0 Å². The van der Waals surface area contributed by atoms with Gasteiger partial charge in [0.2, 0.25) is 0 Å². The number of carbonyl (C=O) groups is 1. The molecule has 2 aromatic heterocycles. The number of thiophene rings is 1. The first-order chi connectivity index (χ1) is 11.9. The molecular formula is C15H13N3O4S3. The summed E-state index contributed by atoms with van der Waals surface area (Å²) in [6, 6.07) is 9.88. The fraction of sp³-hybridized carbons (Fsp3) is 0.0667. The third-order valence-corrected chi connectivity index (χ3v) is 6.25. The van der Waals surface area contributed by atoms with E-state index in [2.05, 4.69) is 15.0 Å². The van der Waals surface area contributed by atoms with Crippen LogP contribution in [-0.4, -0.2) is 19.5 Å². The number of aromatic nitrogens is 1. The van der Waals surface area contributed by atoms with E-state index in [0.717, 1.165) is 11.3 Å². The molecular weight excluding hydrogens is 382 g/mol. The van der Waals surface area contributed by atoms with Gasteiger partial charge in [-0.25, -0.2) is 18.2 Å². The minimum absolute atomic E-state index is 0.0680. The Kier molecular flexibility index (Phi) is 5.02. The minimum atomic E-state index is -3.77. The molecule has 3 rings (SSSR count). The third kappa shape index (κ3) is 4.35. The maximum atomic E-state index is 12.5. The van der Waals surface area contributed by atoms with Gasteiger partial charge >= 0.3 is 6.09 Å². The van der Waals surface area contributed by atoms with Crippen LogP contribution in [0.3, 0.4) is 0 Å². The summed E-state index contributed by atoms with van der Waals surface area (Å²) in [4.78, 5) is 16.3. The van der Waals surface area contributed by atoms with Gasteiger partial charge in [-0.3, -0.25) is 10.0 Å². The van der Waals surface area contributed by atoms with Gasteiger partial charge in [0.25, 0.3) is 10.0 Å². The Morgan fingerprint density at radius 3 is 2.68 bits per heavy atom. The summed E-state index contributed by atoms with van der Waals surface area (Å²) >= 11 is 2.32. The maximum Gasteiger partial charge on any atom is 0.419 e. The Morgan fingerprint density at radius 2 is 2.00 bits per heavy atom. The number of aryl methyl sites for hydroxylation is 1. The van der Waals surface area contributed by atoms with Crippen LogP contribution >= 0.6 is 22.7 Å². The third-order valence-electron chi connectivity index (χ3n) is 3.00. The maximum absolute atomic E-state index is 12.5. The summed E-state index contributed by atoms with van der Waals surface area (Å²) in [5, 5.41) is 4.76. The molecule has 0 aliphatic carbocycles. The van der Waals surface area contributed by atoms with Crippen molar-refractivity contribution in [3.8, 4) is 5.06 Å². The lowest BCUT2D eigenvalue weighted by atomic mass is 10.3. The molecule has 0 radical (unpaired) electrons. The van der Waals surface area contributed by atoms with Crippen LogP contribution in [0.25, 0.3) is 0 Å². The molecule has 0 aliphatic rings. The van der Waals surface area contributed by atoms with Gasteiger partial charge in [-0.1, -0.05) is 18.2 Å². The molecule has 1 amide bonds. The van der Waals surface area contributed by atoms with Gasteiger partial charge in [-0.2, -0.15) is 0 Å². The summed E-state index contributed by atoms with van der Waals surface area (Å²) in [6.07, 6.45) is 0.825. The molecule has 0 saturated carbocycles. The molecule has 0 spiro atoms. The van der Waals surface area contributed by atoms with Crippen LogP contribution in [-0.2, 0) is 10.0 Å². The number of anilines is 2. The molecule has 0 aliphatic heterocycles. The first-order valence-corrected chi connectivity index (χ1v) is 10.2. The number of sulfonamides is 1. The van der Waals surface area contributed by atoms with Crippen LogP contribution in [0.5, 0.6) is 5.06 Å². The molecule has 0 bridgehead atoms. The highest BCUT2D eigenvalue weighted by atomic mass is 32.2. The zero-order valence-electron chi connectivity index (χ0n) is 12.9. The molecule has 2 N–H and O–H groups in total. The molecule has 130 valence electrons. The quantitative estimate of drug-likeness (QED) is 0.682. The van der Waals surface area contributed by atoms with Gasteiger partial charge in [0.15, 0.2) is 10.2 Å². The fourth-order valence-electron chi connectivity index (χ4n) is 1.96. The summed E-state index contributed by atoms with van der Waals surface area (Å²) in [6.45, 7) is 1.65. The van der Waals surface area contributed by atoms with Crippen molar-refractivity contribution in [2.45, 2.75) is 11.8 Å². The van der Waals surface area contributed by atoms with Crippen molar-refractivity contribution in [2.24, 2.45) is 0 Å². The van der Waals surface area contributed by atoms with Gasteiger partial charge in [0.1, 0.15) is 4.90 Å². The first-order valence-electron chi connectivity index (χ1n) is 7.01. The van der Waals surface area contributed by atoms with E-state index >= 15 is 0 Å². The number of hydrogen-bond acceptors (Lipinski definition) is 7. The topological polar surface area (TPSA) is 97.4 Å². The number of carbonyl (C=O) groups excluding carboxylic acids is 1. The van der Waals surface area contributed by atoms with Crippen molar-refractivity contribution in [1.29, 1.82) is 0 Å². The number of thiazole rings is 1. The van der Waals surface area contributed by atoms with Crippen LogP contribution in [0.4, 0.5) is 15.6 Å². The van der Waals surface area contributed by atoms with Gasteiger partial charge in [0.05, 0.1) is 0 Å². The van der Waals surface area contributed by atoms with E-state index in [1.54, 1.807) is 48.8 Å². The molecule has 2 heterocycles. The smallest absolute Gasteiger partial charge is 0.399 e. The SMILES string of the molecule is Cc1sc(OC(=O)Nc2nccs2)cc1S(=O)(=O)Nc1ccccc1. The number of ether oxygens (including phenoxy) is 1. The van der Waals surface area contributed by atoms with E-state index in [4.69, 9.17) is 4.74 Å². The normalized spacial score (nSPS) is 11.1. The summed E-state index contributed by atoms with van der Waals surface area (Å²) in [5.74, 6) is 0. The van der Waals surface area contributed by atoms with Crippen molar-refractivity contribution < 1.29 is 17.9 Å². The lowest BCUT2D eigenvalue weighted by molar-refractivity contribution is 0.216. The predicted octanol–water partition coefficient (Wildman–Crippen LogP) is 3.92. The molecule has 0 fully saturated rings. The zero-order chi connectivity index (χ0) is 17.9. The van der Waals surface area contributed by atoms with E-state index in [0.29, 0.717) is 15.7 Å². The molecule has 3 aromatic rings. The summed E-state index contributed by atoms with van der Waals surface area (Å²) in [5.41, 5.74) is 0.456. The Hall–Kier alpha value is -2.43. The van der Waals surface area contributed by atoms with E-state index in [-0.39, 0.29) is 9.96 Å². The molecule has 7 nitrogen and oxygen atoms in total. The van der Waals surface area contributed by atoms with E-state index in [1.165, 1.54) is 17.4 Å². The number of amides is 1. The van der Waals surface area contributed by atoms with Gasteiger partial charge < -0.3 is 4.74 Å². The lowest BCUT2D eigenvalue weighted by Gasteiger charge is -2.06. The average molecular weight is 395 g/mol. The van der Waals surface area contributed by atoms with Crippen LogP contribution < -0.4 is 14.8 Å². The van der Waals surface area contributed by atoms with Crippen molar-refractivity contribution in [3.63, 3.8) is 0 Å². The zero-order valence-corrected chi connectivity index (χ0v) is 15.4. The second kappa shape index (κ2) is 7.21. The van der Waals surface area contributed by atoms with E-state index in [1.807, 2.05) is 0 Å². The number of benzene rings is 1. The highest BCUT2D eigenvalue weighted by molar-refractivity contribution is 7.93. The number of rotatable bonds is 5. The Labute approximate surface area is 152 Å². The molecule has 10 heteroatoms. The Morgan fingerprint density at radius 1 is 1.24 bits per heavy atom. The fourth-order valence-corrected chi connectivity index (χ4v) is 4.96. The lowest BCUT2D eigenvalue weighted by Crippen LogP contribution is -2.16. The molecule has 0 saturated heterocycles. The molecule has 0 unspecified atom stereocenters. The summed E-state index contributed by atoms with van der Waals surface area (Å²) in [7, 11) is -3.77. The second-order valence-electron chi connectivity index (χ2n) is 4.81. The Balaban J connectivity index is 1.74. The standard InChI is InChI=1S/C15H13N3O4S3/c1-10-12(25(20,21)18-11-5-3-2-4-6-11)9-13(24-10)22-15(19)17-14-16-7-8-23-14/h2-9,18H,1H3,(H,16,17,19). The monoisotopic (exact) mass is 395 g/mol. The molecule has 25 heavy (non-hydrogen) atoms. The van der Waals surface area contributed by atoms with Crippen molar-refractivity contribution >= 4 is 49.6 Å². The number of nitrogens with zero attached hydrogens (tertiary/aromatic N) is 1. The van der Waals surface area contributed by atoms with Crippen LogP contribution in [0, 0.1) is 6.92 Å². The predicted molar refractivity (Wildman–Crippen MR) is 98.1 cm³/mol.